The second kappa shape index (κ2) is 4.47. The van der Waals surface area contributed by atoms with E-state index in [2.05, 4.69) is 40.6 Å². The van der Waals surface area contributed by atoms with Gasteiger partial charge in [0.05, 0.1) is 0 Å². The van der Waals surface area contributed by atoms with Gasteiger partial charge in [0, 0.05) is 0 Å². The molecule has 90 valence electrons. The van der Waals surface area contributed by atoms with Gasteiger partial charge in [-0.25, -0.2) is 0 Å². The summed E-state index contributed by atoms with van der Waals surface area (Å²) in [5.41, 5.74) is 2.48. The van der Waals surface area contributed by atoms with E-state index in [0.717, 1.165) is 10.5 Å². The molecule has 1 aromatic carbocycles. The number of fused-ring (bicyclic) bond motifs is 1. The van der Waals surface area contributed by atoms with Gasteiger partial charge in [0.25, 0.3) is 0 Å². The Morgan fingerprint density at radius 1 is 1.17 bits per heavy atom. The predicted molar refractivity (Wildman–Crippen MR) is 78.3 cm³/mol. The van der Waals surface area contributed by atoms with Crippen molar-refractivity contribution in [1.29, 1.82) is 0 Å². The van der Waals surface area contributed by atoms with Crippen molar-refractivity contribution < 1.29 is 0 Å². The summed E-state index contributed by atoms with van der Waals surface area (Å²) in [5, 5.41) is 1.19. The predicted octanol–water partition coefficient (Wildman–Crippen LogP) is 3.43. The molecule has 0 bridgehead atoms. The van der Waals surface area contributed by atoms with Crippen LogP contribution in [0.1, 0.15) is 11.1 Å². The molecule has 18 heavy (non-hydrogen) atoms. The van der Waals surface area contributed by atoms with Crippen LogP contribution in [0.15, 0.2) is 36.5 Å². The van der Waals surface area contributed by atoms with Crippen molar-refractivity contribution in [2.75, 3.05) is 0 Å². The molecular formula is C14H12N2SSe. The Morgan fingerprint density at radius 3 is 2.72 bits per heavy atom. The number of hydrogen-bond donors (Lipinski definition) is 0. The molecule has 0 aliphatic carbocycles. The summed E-state index contributed by atoms with van der Waals surface area (Å²) in [7, 11) is 0. The molecule has 0 saturated heterocycles. The minimum atomic E-state index is 0.208. The Hall–Kier alpha value is -1.22. The molecule has 0 spiro atoms. The van der Waals surface area contributed by atoms with Crippen LogP contribution in [0, 0.1) is 18.5 Å². The van der Waals surface area contributed by atoms with Gasteiger partial charge >= 0.3 is 117 Å². The number of aromatic nitrogens is 2. The summed E-state index contributed by atoms with van der Waals surface area (Å²) in [6.07, 6.45) is 1.86. The van der Waals surface area contributed by atoms with E-state index >= 15 is 0 Å². The van der Waals surface area contributed by atoms with Crippen molar-refractivity contribution in [2.45, 2.75) is 13.8 Å². The normalized spacial score (nSPS) is 11.0. The minimum absolute atomic E-state index is 0.208. The second-order valence-electron chi connectivity index (χ2n) is 4.26. The molecule has 0 atom stereocenters. The number of benzene rings is 1. The first-order valence-corrected chi connectivity index (χ1v) is 7.75. The van der Waals surface area contributed by atoms with E-state index in [-0.39, 0.29) is 14.7 Å². The summed E-state index contributed by atoms with van der Waals surface area (Å²) in [6.45, 7) is 4.22. The van der Waals surface area contributed by atoms with Gasteiger partial charge in [-0.05, 0) is 0 Å². The first-order chi connectivity index (χ1) is 8.68. The quantitative estimate of drug-likeness (QED) is 0.505. The summed E-state index contributed by atoms with van der Waals surface area (Å²) in [4.78, 5) is 4.51. The van der Waals surface area contributed by atoms with Crippen LogP contribution >= 0.6 is 12.2 Å². The van der Waals surface area contributed by atoms with Gasteiger partial charge in [0.1, 0.15) is 0 Å². The fraction of sp³-hybridized carbons (Fsp3) is 0.143. The molecule has 2 heterocycles. The molecule has 2 nitrogen and oxygen atoms in total. The number of nitrogens with zero attached hydrogens (tertiary/aromatic N) is 2. The van der Waals surface area contributed by atoms with E-state index in [1.54, 1.807) is 0 Å². The zero-order valence-corrected chi connectivity index (χ0v) is 12.7. The van der Waals surface area contributed by atoms with Crippen LogP contribution in [0.3, 0.4) is 0 Å². The van der Waals surface area contributed by atoms with Gasteiger partial charge in [-0.3, -0.25) is 0 Å². The first kappa shape index (κ1) is 11.8. The van der Waals surface area contributed by atoms with Crippen molar-refractivity contribution >= 4 is 36.6 Å². The fourth-order valence-corrected chi connectivity index (χ4v) is 4.74. The summed E-state index contributed by atoms with van der Waals surface area (Å²) < 4.78 is 4.44. The third-order valence-electron chi connectivity index (χ3n) is 3.13. The Morgan fingerprint density at radius 2 is 1.94 bits per heavy atom. The Labute approximate surface area is 117 Å². The topological polar surface area (TPSA) is 17.8 Å². The summed E-state index contributed by atoms with van der Waals surface area (Å²) in [5.74, 6) is 1.01. The molecule has 0 amide bonds. The van der Waals surface area contributed by atoms with Gasteiger partial charge in [-0.2, -0.15) is 0 Å². The molecule has 0 N–H and O–H groups in total. The molecule has 3 rings (SSSR count). The van der Waals surface area contributed by atoms with Crippen molar-refractivity contribution in [2.24, 2.45) is 0 Å². The molecule has 4 heteroatoms. The van der Waals surface area contributed by atoms with E-state index in [9.17, 15) is 0 Å². The van der Waals surface area contributed by atoms with Crippen molar-refractivity contribution in [3.05, 3.63) is 52.3 Å². The van der Waals surface area contributed by atoms with Crippen molar-refractivity contribution in [1.82, 2.24) is 8.55 Å². The van der Waals surface area contributed by atoms with Gasteiger partial charge in [0.2, 0.25) is 0 Å². The zero-order valence-electron chi connectivity index (χ0n) is 10.2. The van der Waals surface area contributed by atoms with Gasteiger partial charge in [-0.15, -0.1) is 0 Å². The van der Waals surface area contributed by atoms with E-state index in [0.29, 0.717) is 0 Å². The second-order valence-corrected chi connectivity index (χ2v) is 6.72. The molecule has 0 saturated carbocycles. The van der Waals surface area contributed by atoms with Crippen molar-refractivity contribution in [3.63, 3.8) is 0 Å². The molecule has 2 aromatic heterocycles. The third kappa shape index (κ3) is 1.77. The number of rotatable bonds is 1. The standard InChI is InChI=1S/C14H12N2SSe/c1-9-7-8-15-13(10(9)2)16-14(17)11-5-3-4-6-12(11)18-16/h3-8H,1-2H3. The Balaban J connectivity index is 2.36. The molecule has 0 unspecified atom stereocenters. The number of hydrogen-bond acceptors (Lipinski definition) is 2. The molecule has 0 aliphatic heterocycles. The Kier molecular flexibility index (Phi) is 2.94. The number of pyridine rings is 1. The molecule has 3 aromatic rings. The average molecular weight is 319 g/mol. The fourth-order valence-electron chi connectivity index (χ4n) is 1.93. The molecule has 0 fully saturated rings. The molecule has 0 radical (unpaired) electrons. The SMILES string of the molecule is Cc1ccnc(-n2[se]c3ccccc3c2=S)c1C. The third-order valence-corrected chi connectivity index (χ3v) is 6.08. The number of aryl methyl sites for hydroxylation is 1. The van der Waals surface area contributed by atoms with Crippen LogP contribution in [-0.4, -0.2) is 23.3 Å². The van der Waals surface area contributed by atoms with Crippen LogP contribution in [0.2, 0.25) is 0 Å². The van der Waals surface area contributed by atoms with E-state index in [1.807, 2.05) is 18.3 Å². The summed E-state index contributed by atoms with van der Waals surface area (Å²) >= 11 is 5.79. The van der Waals surface area contributed by atoms with Gasteiger partial charge in [-0.1, -0.05) is 0 Å². The molecule has 0 aliphatic rings. The van der Waals surface area contributed by atoms with E-state index in [1.165, 1.54) is 20.8 Å². The monoisotopic (exact) mass is 320 g/mol. The summed E-state index contributed by atoms with van der Waals surface area (Å²) in [6, 6.07) is 10.4. The molecular weight excluding hydrogens is 307 g/mol. The van der Waals surface area contributed by atoms with Crippen LogP contribution in [-0.2, 0) is 0 Å². The van der Waals surface area contributed by atoms with Crippen LogP contribution in [0.4, 0.5) is 0 Å². The Bertz CT molecular complexity index is 786. The maximum atomic E-state index is 5.58. The zero-order chi connectivity index (χ0) is 12.7. The first-order valence-electron chi connectivity index (χ1n) is 5.72. The van der Waals surface area contributed by atoms with Crippen LogP contribution < -0.4 is 0 Å². The van der Waals surface area contributed by atoms with Crippen LogP contribution in [0.5, 0.6) is 0 Å². The average Bonchev–Trinajstić information content (AvgIpc) is 2.71. The van der Waals surface area contributed by atoms with E-state index < -0.39 is 0 Å². The van der Waals surface area contributed by atoms with Gasteiger partial charge < -0.3 is 0 Å². The van der Waals surface area contributed by atoms with Crippen molar-refractivity contribution in [3.8, 4) is 5.82 Å². The van der Waals surface area contributed by atoms with E-state index in [4.69, 9.17) is 12.2 Å². The van der Waals surface area contributed by atoms with Crippen LogP contribution in [0.25, 0.3) is 15.5 Å². The maximum absolute atomic E-state index is 5.58. The van der Waals surface area contributed by atoms with Gasteiger partial charge in [0.15, 0.2) is 0 Å².